The van der Waals surface area contributed by atoms with E-state index < -0.39 is 0 Å². The largest absolute Gasteiger partial charge is 0.494 e. The van der Waals surface area contributed by atoms with Crippen molar-refractivity contribution in [1.29, 1.82) is 0 Å². The van der Waals surface area contributed by atoms with Crippen LogP contribution in [0.4, 0.5) is 0 Å². The highest BCUT2D eigenvalue weighted by atomic mass is 16.5. The number of hydrogen-bond acceptors (Lipinski definition) is 5. The van der Waals surface area contributed by atoms with Gasteiger partial charge in [-0.1, -0.05) is 59.7 Å². The van der Waals surface area contributed by atoms with Gasteiger partial charge in [0, 0.05) is 50.2 Å². The minimum atomic E-state index is -0.0534. The van der Waals surface area contributed by atoms with Crippen LogP contribution in [-0.4, -0.2) is 38.1 Å². The van der Waals surface area contributed by atoms with E-state index in [0.717, 1.165) is 54.6 Å². The number of methoxy groups -OCH3 is 1. The average molecular weight is 512 g/mol. The van der Waals surface area contributed by atoms with Gasteiger partial charge in [-0.2, -0.15) is 0 Å². The highest BCUT2D eigenvalue weighted by Gasteiger charge is 2.26. The molecule has 0 aliphatic heterocycles. The Bertz CT molecular complexity index is 1280. The number of benzene rings is 1. The van der Waals surface area contributed by atoms with Gasteiger partial charge in [-0.05, 0) is 46.7 Å². The summed E-state index contributed by atoms with van der Waals surface area (Å²) in [5.74, 6) is 0.904. The normalized spacial score (nSPS) is 12.2. The number of imidazole rings is 1. The zero-order chi connectivity index (χ0) is 27.3. The molecule has 3 heterocycles. The Morgan fingerprint density at radius 1 is 0.789 bits per heavy atom. The minimum Gasteiger partial charge on any atom is -0.494 e. The van der Waals surface area contributed by atoms with Crippen LogP contribution in [0.25, 0.3) is 5.69 Å². The third-order valence-corrected chi connectivity index (χ3v) is 6.77. The first-order chi connectivity index (χ1) is 18.0. The molecule has 1 aromatic carbocycles. The second kappa shape index (κ2) is 11.5. The van der Waals surface area contributed by atoms with E-state index in [9.17, 15) is 0 Å². The van der Waals surface area contributed by atoms with Gasteiger partial charge >= 0.3 is 0 Å². The van der Waals surface area contributed by atoms with E-state index in [1.807, 2.05) is 43.0 Å². The summed E-state index contributed by atoms with van der Waals surface area (Å²) in [5.41, 5.74) is 6.61. The average Bonchev–Trinajstić information content (AvgIpc) is 3.35. The Morgan fingerprint density at radius 2 is 1.42 bits per heavy atom. The van der Waals surface area contributed by atoms with E-state index >= 15 is 0 Å². The fraction of sp³-hybridized carbons (Fsp3) is 0.406. The van der Waals surface area contributed by atoms with Crippen molar-refractivity contribution in [1.82, 2.24) is 24.4 Å². The summed E-state index contributed by atoms with van der Waals surface area (Å²) >= 11 is 0. The number of ether oxygens (including phenoxy) is 1. The predicted octanol–water partition coefficient (Wildman–Crippen LogP) is 6.51. The van der Waals surface area contributed by atoms with Gasteiger partial charge < -0.3 is 9.30 Å². The van der Waals surface area contributed by atoms with Crippen LogP contribution in [0.3, 0.4) is 0 Å². The zero-order valence-corrected chi connectivity index (χ0v) is 23.9. The molecule has 6 heteroatoms. The molecular formula is C32H41N5O. The molecule has 0 amide bonds. The molecule has 200 valence electrons. The van der Waals surface area contributed by atoms with E-state index in [0.29, 0.717) is 0 Å². The van der Waals surface area contributed by atoms with Gasteiger partial charge in [0.05, 0.1) is 36.2 Å². The second-order valence-electron chi connectivity index (χ2n) is 12.0. The molecule has 0 radical (unpaired) electrons. The van der Waals surface area contributed by atoms with Crippen LogP contribution in [0.15, 0.2) is 73.4 Å². The maximum atomic E-state index is 5.99. The molecule has 0 aliphatic carbocycles. The SMILES string of the molecule is COc1c(-n2cnc(CCN(Cc3ccccn3)Cc3ccccn3)c2)cc(C(C)(C)C)cc1C(C)(C)C. The van der Waals surface area contributed by atoms with Crippen LogP contribution in [0.2, 0.25) is 0 Å². The van der Waals surface area contributed by atoms with Crippen molar-refractivity contribution in [3.8, 4) is 11.4 Å². The fourth-order valence-corrected chi connectivity index (χ4v) is 4.56. The molecule has 4 rings (SSSR count). The Kier molecular flexibility index (Phi) is 8.32. The van der Waals surface area contributed by atoms with E-state index in [1.54, 1.807) is 7.11 Å². The molecule has 4 aromatic rings. The molecule has 0 aliphatic rings. The van der Waals surface area contributed by atoms with Crippen LogP contribution < -0.4 is 4.74 Å². The summed E-state index contributed by atoms with van der Waals surface area (Å²) in [6, 6.07) is 16.7. The summed E-state index contributed by atoms with van der Waals surface area (Å²) in [6.07, 6.45) is 8.56. The lowest BCUT2D eigenvalue weighted by molar-refractivity contribution is 0.253. The highest BCUT2D eigenvalue weighted by molar-refractivity contribution is 5.57. The Hall–Kier alpha value is -3.51. The van der Waals surface area contributed by atoms with Crippen molar-refractivity contribution in [2.45, 2.75) is 71.9 Å². The molecule has 6 nitrogen and oxygen atoms in total. The van der Waals surface area contributed by atoms with Crippen molar-refractivity contribution in [3.63, 3.8) is 0 Å². The minimum absolute atomic E-state index is 0.0158. The second-order valence-corrected chi connectivity index (χ2v) is 12.0. The van der Waals surface area contributed by atoms with Gasteiger partial charge in [-0.25, -0.2) is 4.98 Å². The van der Waals surface area contributed by atoms with Gasteiger partial charge in [0.2, 0.25) is 0 Å². The van der Waals surface area contributed by atoms with Gasteiger partial charge in [0.15, 0.2) is 0 Å². The van der Waals surface area contributed by atoms with Gasteiger partial charge in [0.25, 0.3) is 0 Å². The summed E-state index contributed by atoms with van der Waals surface area (Å²) in [7, 11) is 1.76. The predicted molar refractivity (Wildman–Crippen MR) is 154 cm³/mol. The van der Waals surface area contributed by atoms with Crippen molar-refractivity contribution in [2.75, 3.05) is 13.7 Å². The molecular weight excluding hydrogens is 470 g/mol. The molecule has 0 saturated heterocycles. The van der Waals surface area contributed by atoms with Crippen LogP contribution >= 0.6 is 0 Å². The molecule has 0 atom stereocenters. The summed E-state index contributed by atoms with van der Waals surface area (Å²) in [6.45, 7) is 15.8. The smallest absolute Gasteiger partial charge is 0.146 e. The molecule has 0 saturated carbocycles. The quantitative estimate of drug-likeness (QED) is 0.256. The number of hydrogen-bond donors (Lipinski definition) is 0. The monoisotopic (exact) mass is 511 g/mol. The highest BCUT2D eigenvalue weighted by Crippen LogP contribution is 2.40. The number of rotatable bonds is 9. The maximum absolute atomic E-state index is 5.99. The summed E-state index contributed by atoms with van der Waals surface area (Å²) in [4.78, 5) is 16.2. The van der Waals surface area contributed by atoms with Crippen LogP contribution in [0, 0.1) is 0 Å². The van der Waals surface area contributed by atoms with Crippen LogP contribution in [-0.2, 0) is 30.3 Å². The summed E-state index contributed by atoms with van der Waals surface area (Å²) < 4.78 is 8.11. The van der Waals surface area contributed by atoms with Gasteiger partial charge in [0.1, 0.15) is 5.75 Å². The van der Waals surface area contributed by atoms with Crippen LogP contribution in [0.5, 0.6) is 5.75 Å². The lowest BCUT2D eigenvalue weighted by atomic mass is 9.79. The summed E-state index contributed by atoms with van der Waals surface area (Å²) in [5, 5.41) is 0. The van der Waals surface area contributed by atoms with Crippen molar-refractivity contribution in [2.24, 2.45) is 0 Å². The first-order valence-electron chi connectivity index (χ1n) is 13.3. The molecule has 0 spiro atoms. The fourth-order valence-electron chi connectivity index (χ4n) is 4.56. The molecule has 0 bridgehead atoms. The third-order valence-electron chi connectivity index (χ3n) is 6.77. The van der Waals surface area contributed by atoms with Crippen molar-refractivity contribution >= 4 is 0 Å². The third kappa shape index (κ3) is 6.87. The van der Waals surface area contributed by atoms with E-state index in [2.05, 4.69) is 91.4 Å². The van der Waals surface area contributed by atoms with Crippen LogP contribution in [0.1, 0.15) is 69.8 Å². The Morgan fingerprint density at radius 3 is 1.92 bits per heavy atom. The van der Waals surface area contributed by atoms with E-state index in [-0.39, 0.29) is 10.8 Å². The Labute approximate surface area is 227 Å². The molecule has 38 heavy (non-hydrogen) atoms. The number of pyridine rings is 2. The van der Waals surface area contributed by atoms with E-state index in [1.165, 1.54) is 11.1 Å². The van der Waals surface area contributed by atoms with E-state index in [4.69, 9.17) is 9.72 Å². The number of nitrogens with zero attached hydrogens (tertiary/aromatic N) is 5. The zero-order valence-electron chi connectivity index (χ0n) is 23.9. The molecule has 0 unspecified atom stereocenters. The lowest BCUT2D eigenvalue weighted by Gasteiger charge is -2.29. The number of aromatic nitrogens is 4. The molecule has 0 N–H and O–H groups in total. The molecule has 3 aromatic heterocycles. The lowest BCUT2D eigenvalue weighted by Crippen LogP contribution is -2.26. The van der Waals surface area contributed by atoms with Gasteiger partial charge in [-0.3, -0.25) is 14.9 Å². The first-order valence-corrected chi connectivity index (χ1v) is 13.3. The molecule has 0 fully saturated rings. The standard InChI is InChI=1S/C32H41N5O/c1-31(2,3)24-18-28(32(4,5)6)30(38-7)29(19-24)37-22-27(35-23-37)14-17-36(20-25-12-8-10-15-33-25)21-26-13-9-11-16-34-26/h8-13,15-16,18-19,22-23H,14,17,20-21H2,1-7H3. The first kappa shape index (κ1) is 27.5. The van der Waals surface area contributed by atoms with Crippen molar-refractivity contribution < 1.29 is 4.74 Å². The topological polar surface area (TPSA) is 56.1 Å². The van der Waals surface area contributed by atoms with Gasteiger partial charge in [-0.15, -0.1) is 0 Å². The maximum Gasteiger partial charge on any atom is 0.146 e. The van der Waals surface area contributed by atoms with Crippen molar-refractivity contribution in [3.05, 3.63) is 102 Å². The Balaban J connectivity index is 1.60.